The summed E-state index contributed by atoms with van der Waals surface area (Å²) in [6.07, 6.45) is 6.82. The van der Waals surface area contributed by atoms with E-state index in [0.29, 0.717) is 10.7 Å². The predicted octanol–water partition coefficient (Wildman–Crippen LogP) is 2.65. The second-order valence-electron chi connectivity index (χ2n) is 6.44. The minimum absolute atomic E-state index is 0.120. The monoisotopic (exact) mass is 331 g/mol. The minimum Gasteiger partial charge on any atom is -0.346 e. The standard InChI is InChI=1S/C18H25N3OS/c22-17(15-7-3-1-4-8-15)19-18(23)21-13-11-20(12-14-21)16-9-5-2-6-10-16/h1,3-4,7-8,16H,2,5-6,9-14H2,(H,19,22,23). The molecule has 2 fully saturated rings. The molecule has 2 aliphatic rings. The van der Waals surface area contributed by atoms with Crippen molar-refractivity contribution in [2.24, 2.45) is 0 Å². The van der Waals surface area contributed by atoms with Crippen LogP contribution in [0.4, 0.5) is 0 Å². The van der Waals surface area contributed by atoms with Gasteiger partial charge in [-0.1, -0.05) is 37.5 Å². The van der Waals surface area contributed by atoms with Gasteiger partial charge >= 0.3 is 0 Å². The van der Waals surface area contributed by atoms with Gasteiger partial charge in [-0.25, -0.2) is 0 Å². The highest BCUT2D eigenvalue weighted by Crippen LogP contribution is 2.23. The van der Waals surface area contributed by atoms with Crippen molar-refractivity contribution in [3.8, 4) is 0 Å². The Morgan fingerprint density at radius 2 is 1.65 bits per heavy atom. The zero-order valence-corrected chi connectivity index (χ0v) is 14.4. The van der Waals surface area contributed by atoms with Crippen molar-refractivity contribution in [1.29, 1.82) is 0 Å². The average Bonchev–Trinajstić information content (AvgIpc) is 2.63. The quantitative estimate of drug-likeness (QED) is 0.845. The highest BCUT2D eigenvalue weighted by atomic mass is 32.1. The third-order valence-corrected chi connectivity index (χ3v) is 5.31. The molecule has 23 heavy (non-hydrogen) atoms. The van der Waals surface area contributed by atoms with Gasteiger partial charge in [-0.05, 0) is 37.2 Å². The van der Waals surface area contributed by atoms with Crippen LogP contribution in [0.5, 0.6) is 0 Å². The first-order chi connectivity index (χ1) is 11.2. The van der Waals surface area contributed by atoms with Crippen LogP contribution >= 0.6 is 12.2 Å². The van der Waals surface area contributed by atoms with Gasteiger partial charge in [0.15, 0.2) is 5.11 Å². The summed E-state index contributed by atoms with van der Waals surface area (Å²) in [6.45, 7) is 3.91. The average molecular weight is 331 g/mol. The van der Waals surface area contributed by atoms with Crippen LogP contribution in [-0.2, 0) is 0 Å². The van der Waals surface area contributed by atoms with Gasteiger partial charge in [0, 0.05) is 37.8 Å². The number of hydrogen-bond donors (Lipinski definition) is 1. The summed E-state index contributed by atoms with van der Waals surface area (Å²) in [5.74, 6) is -0.120. The topological polar surface area (TPSA) is 35.6 Å². The Morgan fingerprint density at radius 3 is 2.30 bits per heavy atom. The molecule has 1 saturated heterocycles. The summed E-state index contributed by atoms with van der Waals surface area (Å²) in [7, 11) is 0. The van der Waals surface area contributed by atoms with Crippen LogP contribution < -0.4 is 5.32 Å². The molecule has 1 N–H and O–H groups in total. The van der Waals surface area contributed by atoms with Gasteiger partial charge in [-0.2, -0.15) is 0 Å². The molecule has 3 rings (SSSR count). The van der Waals surface area contributed by atoms with Crippen LogP contribution in [0.15, 0.2) is 30.3 Å². The number of nitrogens with one attached hydrogen (secondary N) is 1. The summed E-state index contributed by atoms with van der Waals surface area (Å²) in [5.41, 5.74) is 0.649. The van der Waals surface area contributed by atoms with Gasteiger partial charge < -0.3 is 4.90 Å². The van der Waals surface area contributed by atoms with Gasteiger partial charge in [-0.3, -0.25) is 15.0 Å². The van der Waals surface area contributed by atoms with E-state index < -0.39 is 0 Å². The molecule has 1 aliphatic heterocycles. The summed E-state index contributed by atoms with van der Waals surface area (Å²) >= 11 is 5.42. The zero-order chi connectivity index (χ0) is 16.1. The van der Waals surface area contributed by atoms with Crippen LogP contribution in [0.3, 0.4) is 0 Å². The Kier molecular flexibility index (Phi) is 5.62. The van der Waals surface area contributed by atoms with E-state index in [1.165, 1.54) is 32.1 Å². The normalized spacial score (nSPS) is 20.3. The molecule has 0 spiro atoms. The van der Waals surface area contributed by atoms with E-state index in [1.54, 1.807) is 12.1 Å². The molecule has 0 atom stereocenters. The van der Waals surface area contributed by atoms with Gasteiger partial charge in [0.05, 0.1) is 0 Å². The predicted molar refractivity (Wildman–Crippen MR) is 96.5 cm³/mol. The lowest BCUT2D eigenvalue weighted by Gasteiger charge is -2.41. The van der Waals surface area contributed by atoms with Crippen molar-refractivity contribution >= 4 is 23.2 Å². The Hall–Kier alpha value is -1.46. The van der Waals surface area contributed by atoms with Gasteiger partial charge in [-0.15, -0.1) is 0 Å². The number of thiocarbonyl (C=S) groups is 1. The maximum absolute atomic E-state index is 12.2. The Labute approximate surface area is 143 Å². The number of rotatable bonds is 2. The molecular weight excluding hydrogens is 306 g/mol. The maximum atomic E-state index is 12.2. The molecule has 124 valence electrons. The first-order valence-corrected chi connectivity index (χ1v) is 9.04. The summed E-state index contributed by atoms with van der Waals surface area (Å²) in [6, 6.07) is 10.00. The van der Waals surface area contributed by atoms with Crippen molar-refractivity contribution in [3.63, 3.8) is 0 Å². The fourth-order valence-corrected chi connectivity index (χ4v) is 3.85. The molecule has 0 unspecified atom stereocenters. The summed E-state index contributed by atoms with van der Waals surface area (Å²) in [4.78, 5) is 16.9. The largest absolute Gasteiger partial charge is 0.346 e. The van der Waals surface area contributed by atoms with Crippen molar-refractivity contribution in [2.45, 2.75) is 38.1 Å². The number of carbonyl (C=O) groups is 1. The van der Waals surface area contributed by atoms with Crippen LogP contribution in [-0.4, -0.2) is 53.0 Å². The van der Waals surface area contributed by atoms with E-state index in [-0.39, 0.29) is 5.91 Å². The number of amides is 1. The third kappa shape index (κ3) is 4.30. The van der Waals surface area contributed by atoms with Crippen molar-refractivity contribution < 1.29 is 4.79 Å². The Bertz CT molecular complexity index is 534. The molecule has 1 aliphatic carbocycles. The molecule has 1 heterocycles. The van der Waals surface area contributed by atoms with E-state index in [0.717, 1.165) is 32.2 Å². The number of hydrogen-bond acceptors (Lipinski definition) is 3. The third-order valence-electron chi connectivity index (χ3n) is 4.95. The highest BCUT2D eigenvalue weighted by Gasteiger charge is 2.26. The number of piperazine rings is 1. The van der Waals surface area contributed by atoms with E-state index in [9.17, 15) is 4.79 Å². The van der Waals surface area contributed by atoms with Crippen molar-refractivity contribution in [2.75, 3.05) is 26.2 Å². The molecule has 1 amide bonds. The van der Waals surface area contributed by atoms with Gasteiger partial charge in [0.1, 0.15) is 0 Å². The molecule has 0 bridgehead atoms. The SMILES string of the molecule is O=C(NC(=S)N1CCN(C2CCCCC2)CC1)c1ccccc1. The first-order valence-electron chi connectivity index (χ1n) is 8.63. The molecular formula is C18H25N3OS. The number of carbonyl (C=O) groups excluding carboxylic acids is 1. The van der Waals surface area contributed by atoms with E-state index in [1.807, 2.05) is 18.2 Å². The van der Waals surface area contributed by atoms with Crippen LogP contribution in [0, 0.1) is 0 Å². The lowest BCUT2D eigenvalue weighted by molar-refractivity contribution is 0.0948. The number of nitrogens with zero attached hydrogens (tertiary/aromatic N) is 2. The number of benzene rings is 1. The van der Waals surface area contributed by atoms with Gasteiger partial charge in [0.2, 0.25) is 0 Å². The molecule has 0 radical (unpaired) electrons. The molecule has 5 heteroatoms. The smallest absolute Gasteiger partial charge is 0.257 e. The first kappa shape index (κ1) is 16.4. The maximum Gasteiger partial charge on any atom is 0.257 e. The van der Waals surface area contributed by atoms with Crippen molar-refractivity contribution in [1.82, 2.24) is 15.1 Å². The summed E-state index contributed by atoms with van der Waals surface area (Å²) < 4.78 is 0. The molecule has 0 aromatic heterocycles. The van der Waals surface area contributed by atoms with Crippen LogP contribution in [0.25, 0.3) is 0 Å². The Balaban J connectivity index is 1.47. The van der Waals surface area contributed by atoms with Gasteiger partial charge in [0.25, 0.3) is 5.91 Å². The lowest BCUT2D eigenvalue weighted by atomic mass is 9.94. The van der Waals surface area contributed by atoms with E-state index in [2.05, 4.69) is 15.1 Å². The highest BCUT2D eigenvalue weighted by molar-refractivity contribution is 7.80. The molecule has 1 aromatic rings. The lowest BCUT2D eigenvalue weighted by Crippen LogP contribution is -2.55. The molecule has 4 nitrogen and oxygen atoms in total. The molecule has 1 saturated carbocycles. The van der Waals surface area contributed by atoms with E-state index >= 15 is 0 Å². The van der Waals surface area contributed by atoms with Crippen LogP contribution in [0.2, 0.25) is 0 Å². The Morgan fingerprint density at radius 1 is 1.00 bits per heavy atom. The van der Waals surface area contributed by atoms with E-state index in [4.69, 9.17) is 12.2 Å². The minimum atomic E-state index is -0.120. The van der Waals surface area contributed by atoms with Crippen molar-refractivity contribution in [3.05, 3.63) is 35.9 Å². The summed E-state index contributed by atoms with van der Waals surface area (Å²) in [5, 5.41) is 3.42. The second kappa shape index (κ2) is 7.88. The van der Waals surface area contributed by atoms with Crippen LogP contribution in [0.1, 0.15) is 42.5 Å². The fraction of sp³-hybridized carbons (Fsp3) is 0.556. The second-order valence-corrected chi connectivity index (χ2v) is 6.83. The zero-order valence-electron chi connectivity index (χ0n) is 13.5. The molecule has 1 aromatic carbocycles. The fourth-order valence-electron chi connectivity index (χ4n) is 3.57.